The molecule has 0 spiro atoms. The summed E-state index contributed by atoms with van der Waals surface area (Å²) in [5.74, 6) is 1.67. The standard InChI is InChI=1S/C22H27N3O2S/c1-3-5-11-26-15-7-9-17-18-10-8-16(27-12-6-4-2)14-20(18)21(19(17)13-15)24-25-22(23)28/h7-10,13-14H,3-6,11-12H2,1-2H3,(H3,23,25,28). The number of hydrogen-bond donors (Lipinski definition) is 2. The van der Waals surface area contributed by atoms with E-state index in [2.05, 4.69) is 36.5 Å². The fraction of sp³-hybridized carbons (Fsp3) is 0.364. The van der Waals surface area contributed by atoms with Gasteiger partial charge in [-0.25, -0.2) is 0 Å². The maximum Gasteiger partial charge on any atom is 0.184 e. The van der Waals surface area contributed by atoms with Crippen molar-refractivity contribution >= 4 is 23.0 Å². The summed E-state index contributed by atoms with van der Waals surface area (Å²) in [6.45, 7) is 5.70. The molecule has 0 atom stereocenters. The summed E-state index contributed by atoms with van der Waals surface area (Å²) >= 11 is 4.93. The summed E-state index contributed by atoms with van der Waals surface area (Å²) in [6.07, 6.45) is 4.25. The molecule has 0 unspecified atom stereocenters. The third-order valence-corrected chi connectivity index (χ3v) is 4.68. The largest absolute Gasteiger partial charge is 0.494 e. The molecule has 0 radical (unpaired) electrons. The highest BCUT2D eigenvalue weighted by atomic mass is 32.1. The lowest BCUT2D eigenvalue weighted by molar-refractivity contribution is 0.309. The summed E-state index contributed by atoms with van der Waals surface area (Å²) in [6, 6.07) is 12.2. The van der Waals surface area contributed by atoms with Crippen LogP contribution in [0.1, 0.15) is 50.7 Å². The van der Waals surface area contributed by atoms with Gasteiger partial charge in [-0.2, -0.15) is 5.10 Å². The third-order valence-electron chi connectivity index (χ3n) is 4.59. The Hall–Kier alpha value is -2.60. The minimum Gasteiger partial charge on any atom is -0.494 e. The molecule has 0 saturated carbocycles. The average molecular weight is 398 g/mol. The van der Waals surface area contributed by atoms with Crippen molar-refractivity contribution in [3.05, 3.63) is 47.5 Å². The zero-order chi connectivity index (χ0) is 19.9. The molecule has 0 fully saturated rings. The number of ether oxygens (including phenoxy) is 2. The van der Waals surface area contributed by atoms with Gasteiger partial charge < -0.3 is 15.2 Å². The van der Waals surface area contributed by atoms with E-state index in [0.717, 1.165) is 65.1 Å². The number of benzene rings is 2. The molecule has 0 bridgehead atoms. The van der Waals surface area contributed by atoms with Crippen molar-refractivity contribution in [2.75, 3.05) is 13.2 Å². The summed E-state index contributed by atoms with van der Waals surface area (Å²) in [4.78, 5) is 0. The topological polar surface area (TPSA) is 68.9 Å². The molecule has 0 heterocycles. The predicted molar refractivity (Wildman–Crippen MR) is 118 cm³/mol. The van der Waals surface area contributed by atoms with Crippen LogP contribution in [0.15, 0.2) is 41.5 Å². The van der Waals surface area contributed by atoms with Crippen LogP contribution in [0.3, 0.4) is 0 Å². The van der Waals surface area contributed by atoms with E-state index in [1.54, 1.807) is 0 Å². The molecule has 2 aromatic rings. The van der Waals surface area contributed by atoms with Crippen molar-refractivity contribution in [2.45, 2.75) is 39.5 Å². The van der Waals surface area contributed by atoms with Crippen LogP contribution in [-0.4, -0.2) is 24.0 Å². The maximum atomic E-state index is 5.88. The van der Waals surface area contributed by atoms with Gasteiger partial charge in [0.05, 0.1) is 18.9 Å². The lowest BCUT2D eigenvalue weighted by Crippen LogP contribution is -2.25. The number of thiocarbonyl (C=S) groups is 1. The summed E-state index contributed by atoms with van der Waals surface area (Å²) in [7, 11) is 0. The van der Waals surface area contributed by atoms with Crippen molar-refractivity contribution in [1.29, 1.82) is 0 Å². The van der Waals surface area contributed by atoms with E-state index in [-0.39, 0.29) is 5.11 Å². The smallest absolute Gasteiger partial charge is 0.184 e. The molecule has 0 saturated heterocycles. The molecule has 3 rings (SSSR count). The van der Waals surface area contributed by atoms with Gasteiger partial charge in [0.2, 0.25) is 0 Å². The first-order valence-electron chi connectivity index (χ1n) is 9.82. The van der Waals surface area contributed by atoms with Gasteiger partial charge in [0.15, 0.2) is 5.11 Å². The Kier molecular flexibility index (Phi) is 6.87. The van der Waals surface area contributed by atoms with Gasteiger partial charge in [-0.05, 0) is 72.6 Å². The van der Waals surface area contributed by atoms with E-state index < -0.39 is 0 Å². The van der Waals surface area contributed by atoms with Crippen LogP contribution >= 0.6 is 12.2 Å². The first-order valence-corrected chi connectivity index (χ1v) is 10.2. The summed E-state index contributed by atoms with van der Waals surface area (Å²) in [5, 5.41) is 4.60. The zero-order valence-electron chi connectivity index (χ0n) is 16.5. The molecule has 0 aromatic heterocycles. The zero-order valence-corrected chi connectivity index (χ0v) is 17.3. The first kappa shape index (κ1) is 20.1. The molecule has 5 nitrogen and oxygen atoms in total. The SMILES string of the molecule is CCCCOc1ccc2c(c1)C(=NNC(N)=S)c1cc(OCCCC)ccc1-2. The van der Waals surface area contributed by atoms with Crippen molar-refractivity contribution in [1.82, 2.24) is 5.43 Å². The number of fused-ring (bicyclic) bond motifs is 3. The van der Waals surface area contributed by atoms with Crippen LogP contribution < -0.4 is 20.6 Å². The second kappa shape index (κ2) is 9.55. The Morgan fingerprint density at radius 3 is 1.82 bits per heavy atom. The van der Waals surface area contributed by atoms with Gasteiger partial charge in [-0.15, -0.1) is 0 Å². The van der Waals surface area contributed by atoms with Crippen LogP contribution in [0.4, 0.5) is 0 Å². The third kappa shape index (κ3) is 4.62. The Morgan fingerprint density at radius 2 is 1.39 bits per heavy atom. The quantitative estimate of drug-likeness (QED) is 0.313. The van der Waals surface area contributed by atoms with Crippen LogP contribution in [-0.2, 0) is 0 Å². The molecule has 28 heavy (non-hydrogen) atoms. The van der Waals surface area contributed by atoms with E-state index in [4.69, 9.17) is 27.4 Å². The minimum atomic E-state index is 0.133. The number of hydrazone groups is 1. The molecule has 3 N–H and O–H groups in total. The highest BCUT2D eigenvalue weighted by Gasteiger charge is 2.26. The van der Waals surface area contributed by atoms with Gasteiger partial charge >= 0.3 is 0 Å². The second-order valence-corrected chi connectivity index (χ2v) is 7.20. The molecule has 2 aromatic carbocycles. The van der Waals surface area contributed by atoms with Gasteiger partial charge in [-0.3, -0.25) is 5.43 Å². The lowest BCUT2D eigenvalue weighted by Gasteiger charge is -2.08. The fourth-order valence-corrected chi connectivity index (χ4v) is 3.18. The lowest BCUT2D eigenvalue weighted by atomic mass is 10.1. The second-order valence-electron chi connectivity index (χ2n) is 6.76. The van der Waals surface area contributed by atoms with E-state index in [0.29, 0.717) is 13.2 Å². The number of nitrogens with zero attached hydrogens (tertiary/aromatic N) is 1. The summed E-state index contributed by atoms with van der Waals surface area (Å²) < 4.78 is 11.8. The predicted octanol–water partition coefficient (Wildman–Crippen LogP) is 4.61. The molecule has 148 valence electrons. The highest BCUT2D eigenvalue weighted by Crippen LogP contribution is 2.40. The van der Waals surface area contributed by atoms with Crippen LogP contribution in [0.25, 0.3) is 11.1 Å². The normalized spacial score (nSPS) is 11.6. The Morgan fingerprint density at radius 1 is 0.893 bits per heavy atom. The van der Waals surface area contributed by atoms with Gasteiger partial charge in [0, 0.05) is 11.1 Å². The molecule has 1 aliphatic rings. The van der Waals surface area contributed by atoms with Crippen LogP contribution in [0, 0.1) is 0 Å². The fourth-order valence-electron chi connectivity index (χ4n) is 3.13. The Balaban J connectivity index is 1.95. The maximum absolute atomic E-state index is 5.88. The molecule has 0 aliphatic heterocycles. The van der Waals surface area contributed by atoms with Crippen LogP contribution in [0.2, 0.25) is 0 Å². The van der Waals surface area contributed by atoms with Gasteiger partial charge in [0.25, 0.3) is 0 Å². The van der Waals surface area contributed by atoms with E-state index in [9.17, 15) is 0 Å². The monoisotopic (exact) mass is 397 g/mol. The molecule has 0 amide bonds. The number of rotatable bonds is 9. The Bertz CT molecular complexity index is 819. The molecular formula is C22H27N3O2S. The number of unbranched alkanes of at least 4 members (excludes halogenated alkanes) is 2. The highest BCUT2D eigenvalue weighted by molar-refractivity contribution is 7.80. The molecule has 6 heteroatoms. The van der Waals surface area contributed by atoms with Crippen molar-refractivity contribution in [2.24, 2.45) is 10.8 Å². The number of hydrogen-bond acceptors (Lipinski definition) is 4. The van der Waals surface area contributed by atoms with E-state index in [1.807, 2.05) is 24.3 Å². The van der Waals surface area contributed by atoms with Gasteiger partial charge in [0.1, 0.15) is 11.5 Å². The van der Waals surface area contributed by atoms with Crippen molar-refractivity contribution < 1.29 is 9.47 Å². The number of nitrogens with two attached hydrogens (primary N) is 1. The van der Waals surface area contributed by atoms with Crippen molar-refractivity contribution in [3.63, 3.8) is 0 Å². The Labute approximate surface area is 171 Å². The van der Waals surface area contributed by atoms with E-state index >= 15 is 0 Å². The van der Waals surface area contributed by atoms with Gasteiger partial charge in [-0.1, -0.05) is 26.7 Å². The van der Waals surface area contributed by atoms with Crippen molar-refractivity contribution in [3.8, 4) is 22.6 Å². The number of nitrogens with one attached hydrogen (secondary N) is 1. The average Bonchev–Trinajstić information content (AvgIpc) is 2.99. The van der Waals surface area contributed by atoms with Crippen LogP contribution in [0.5, 0.6) is 11.5 Å². The summed E-state index contributed by atoms with van der Waals surface area (Å²) in [5.41, 5.74) is 13.3. The minimum absolute atomic E-state index is 0.133. The van der Waals surface area contributed by atoms with E-state index in [1.165, 1.54) is 0 Å². The first-order chi connectivity index (χ1) is 13.6. The molecule has 1 aliphatic carbocycles. The molecular weight excluding hydrogens is 370 g/mol.